The van der Waals surface area contributed by atoms with Crippen molar-refractivity contribution >= 4 is 29.1 Å². The average Bonchev–Trinajstić information content (AvgIpc) is 3.89. The number of piperazine rings is 1. The Balaban J connectivity index is 0.000000553. The van der Waals surface area contributed by atoms with Crippen molar-refractivity contribution in [3.05, 3.63) is 78.8 Å². The van der Waals surface area contributed by atoms with E-state index in [2.05, 4.69) is 98.7 Å². The maximum atomic E-state index is 15.6. The van der Waals surface area contributed by atoms with Gasteiger partial charge in [0.2, 0.25) is 11.8 Å². The number of rotatable bonds is 14. The highest BCUT2D eigenvalue weighted by Gasteiger charge is 2.43. The fourth-order valence-electron chi connectivity index (χ4n) is 10.2. The van der Waals surface area contributed by atoms with Gasteiger partial charge in [0, 0.05) is 103 Å². The maximum absolute atomic E-state index is 15.6. The molecule has 5 N–H and O–H groups in total. The molecule has 2 unspecified atom stereocenters. The van der Waals surface area contributed by atoms with Gasteiger partial charge in [-0.3, -0.25) is 14.5 Å². The van der Waals surface area contributed by atoms with Gasteiger partial charge in [-0.2, -0.15) is 0 Å². The summed E-state index contributed by atoms with van der Waals surface area (Å²) in [7, 11) is 1.69. The Bertz CT molecular complexity index is 1950. The molecular weight excluding hydrogens is 877 g/mol. The summed E-state index contributed by atoms with van der Waals surface area (Å²) in [4.78, 5) is 44.5. The number of likely N-dealkylation sites (tertiary alicyclic amines) is 3. The van der Waals surface area contributed by atoms with Crippen LogP contribution in [0.2, 0.25) is 0 Å². The number of hydrogen-bond donors (Lipinski definition) is 4. The number of carbonyl (C=O) groups excluding carboxylic acids is 2. The summed E-state index contributed by atoms with van der Waals surface area (Å²) < 4.78 is 37.0. The van der Waals surface area contributed by atoms with Gasteiger partial charge in [-0.1, -0.05) is 65.0 Å². The van der Waals surface area contributed by atoms with Crippen molar-refractivity contribution in [3.8, 4) is 0 Å². The van der Waals surface area contributed by atoms with Gasteiger partial charge in [0.1, 0.15) is 29.6 Å². The van der Waals surface area contributed by atoms with Crippen molar-refractivity contribution in [2.45, 2.75) is 104 Å². The number of piperidine rings is 2. The van der Waals surface area contributed by atoms with Crippen molar-refractivity contribution in [3.63, 3.8) is 0 Å². The number of hydrogen-bond acceptors (Lipinski definition) is 12. The van der Waals surface area contributed by atoms with E-state index < -0.39 is 17.2 Å². The van der Waals surface area contributed by atoms with Crippen LogP contribution < -0.4 is 31.5 Å². The molecule has 5 aliphatic heterocycles. The van der Waals surface area contributed by atoms with Crippen LogP contribution in [0.25, 0.3) is 0 Å². The molecule has 0 radical (unpaired) electrons. The van der Waals surface area contributed by atoms with Gasteiger partial charge in [0.25, 0.3) is 0 Å². The van der Waals surface area contributed by atoms with E-state index >= 15 is 8.78 Å². The van der Waals surface area contributed by atoms with Gasteiger partial charge in [-0.05, 0) is 94.0 Å². The maximum Gasteiger partial charge on any atom is 0.240 e. The van der Waals surface area contributed by atoms with Crippen LogP contribution in [0.3, 0.4) is 0 Å². The van der Waals surface area contributed by atoms with Crippen molar-refractivity contribution in [1.29, 1.82) is 0 Å². The van der Waals surface area contributed by atoms with Gasteiger partial charge in [0.05, 0.1) is 31.0 Å². The highest BCUT2D eigenvalue weighted by Crippen LogP contribution is 2.35. The lowest BCUT2D eigenvalue weighted by atomic mass is 9.82. The number of nitrogens with one attached hydrogen (secondary N) is 3. The molecule has 1 aromatic heterocycles. The van der Waals surface area contributed by atoms with Gasteiger partial charge in [-0.25, -0.2) is 18.7 Å². The minimum Gasteiger partial charge on any atom is -0.405 e. The van der Waals surface area contributed by atoms with E-state index in [0.29, 0.717) is 82.6 Å². The molecule has 2 amide bonds. The zero-order valence-corrected chi connectivity index (χ0v) is 42.7. The number of aromatic nitrogens is 2. The summed E-state index contributed by atoms with van der Waals surface area (Å²) >= 11 is 0. The van der Waals surface area contributed by atoms with Gasteiger partial charge >= 0.3 is 0 Å². The zero-order chi connectivity index (χ0) is 50.0. The van der Waals surface area contributed by atoms with E-state index in [1.54, 1.807) is 18.3 Å². The van der Waals surface area contributed by atoms with Crippen molar-refractivity contribution in [2.24, 2.45) is 23.0 Å². The largest absolute Gasteiger partial charge is 0.405 e. The Morgan fingerprint density at radius 3 is 2.09 bits per heavy atom. The second-order valence-corrected chi connectivity index (χ2v) is 20.6. The molecule has 1 aromatic carbocycles. The molecule has 6 aliphatic rings. The molecule has 6 fully saturated rings. The van der Waals surface area contributed by atoms with Gasteiger partial charge in [-0.15, -0.1) is 0 Å². The molecule has 2 aromatic rings. The first-order chi connectivity index (χ1) is 33.1. The van der Waals surface area contributed by atoms with E-state index in [1.165, 1.54) is 61.6 Å². The summed E-state index contributed by atoms with van der Waals surface area (Å²) in [6.45, 7) is 31.5. The van der Waals surface area contributed by atoms with E-state index in [-0.39, 0.29) is 29.5 Å². The van der Waals surface area contributed by atoms with E-state index in [4.69, 9.17) is 4.74 Å². The summed E-state index contributed by atoms with van der Waals surface area (Å²) in [5.74, 6) is 1.91. The first-order valence-electron chi connectivity index (χ1n) is 25.6. The first kappa shape index (κ1) is 55.3. The van der Waals surface area contributed by atoms with E-state index in [1.807, 2.05) is 6.07 Å². The lowest BCUT2D eigenvalue weighted by Gasteiger charge is -2.48. The summed E-state index contributed by atoms with van der Waals surface area (Å²) in [5.41, 5.74) is 7.41. The van der Waals surface area contributed by atoms with Crippen LogP contribution in [0.5, 0.6) is 0 Å². The summed E-state index contributed by atoms with van der Waals surface area (Å²) in [6.07, 6.45) is 13.0. The molecule has 16 heteroatoms. The number of amides is 2. The number of nitrogens with zero attached hydrogens (tertiary/aromatic N) is 7. The highest BCUT2D eigenvalue weighted by atomic mass is 19.1. The number of benzene rings is 1. The lowest BCUT2D eigenvalue weighted by Crippen LogP contribution is -2.66. The van der Waals surface area contributed by atoms with Crippen molar-refractivity contribution in [2.75, 3.05) is 120 Å². The third-order valence-corrected chi connectivity index (χ3v) is 14.4. The van der Waals surface area contributed by atoms with Crippen LogP contribution in [-0.2, 0) is 20.9 Å². The predicted molar refractivity (Wildman–Crippen MR) is 276 cm³/mol. The van der Waals surface area contributed by atoms with Crippen LogP contribution in [0.1, 0.15) is 97.5 Å². The topological polar surface area (TPSA) is 147 Å². The fourth-order valence-corrected chi connectivity index (χ4v) is 10.2. The summed E-state index contributed by atoms with van der Waals surface area (Å²) in [5, 5.41) is 9.26. The van der Waals surface area contributed by atoms with Crippen molar-refractivity contribution in [1.82, 2.24) is 35.3 Å². The number of nitrogens with two attached hydrogens (primary N) is 1. The average molecular weight is 962 g/mol. The molecule has 384 valence electrons. The quantitative estimate of drug-likeness (QED) is 0.145. The molecule has 6 heterocycles. The van der Waals surface area contributed by atoms with Crippen LogP contribution in [0.15, 0.2) is 61.6 Å². The third-order valence-electron chi connectivity index (χ3n) is 14.4. The highest BCUT2D eigenvalue weighted by molar-refractivity contribution is 5.84. The standard InChI is InChI=1S/C40H60F2N10O3.C8H12.C3H8.C2H5N/c1-39(2)5-11-48(12-6-39)21-29-18-33(42)34(19-32(29)41)52-26-38(54)47-40(27-52)7-13-51(14-8-40)36-20-35(45-28-46-36)44-9-16-55-17-15-50-24-30-22-49(23-31(30)25-50)10-4-37(53)43-3;1-7-5-3-4-6-8(7)2;1-3-2;1-2-3/h18-20,28,30-31H,4-17,21-27H2,1-3H3,(H,43,53)(H,47,54)(H,44,45,46);1-6H2;3H2,1-2H3;2H,1,3H2. The third kappa shape index (κ3) is 17.0. The number of fused-ring (bicyclic) bond motifs is 1. The van der Waals surface area contributed by atoms with Crippen molar-refractivity contribution < 1.29 is 23.1 Å². The first-order valence-corrected chi connectivity index (χ1v) is 25.6. The number of ether oxygens (including phenoxy) is 1. The number of allylic oxidation sites excluding steroid dienone is 2. The van der Waals surface area contributed by atoms with Crippen LogP contribution in [0.4, 0.5) is 26.1 Å². The van der Waals surface area contributed by atoms with Crippen LogP contribution >= 0.6 is 0 Å². The normalized spacial score (nSPS) is 22.3. The molecule has 8 rings (SSSR count). The predicted octanol–water partition coefficient (Wildman–Crippen LogP) is 6.96. The molecule has 2 atom stereocenters. The molecule has 0 bridgehead atoms. The van der Waals surface area contributed by atoms with Crippen LogP contribution in [0, 0.1) is 28.9 Å². The molecule has 1 saturated carbocycles. The Kier molecular flexibility index (Phi) is 21.7. The summed E-state index contributed by atoms with van der Waals surface area (Å²) in [6, 6.07) is 4.55. The number of anilines is 3. The fraction of sp³-hybridized carbons (Fsp3) is 0.660. The monoisotopic (exact) mass is 962 g/mol. The Labute approximate surface area is 412 Å². The smallest absolute Gasteiger partial charge is 0.240 e. The molecule has 1 aliphatic carbocycles. The zero-order valence-electron chi connectivity index (χ0n) is 42.7. The van der Waals surface area contributed by atoms with E-state index in [0.717, 1.165) is 76.8 Å². The van der Waals surface area contributed by atoms with Crippen LogP contribution in [-0.4, -0.2) is 147 Å². The Morgan fingerprint density at radius 2 is 1.49 bits per heavy atom. The number of halogens is 2. The molecule has 5 saturated heterocycles. The lowest BCUT2D eigenvalue weighted by molar-refractivity contribution is -0.123. The number of carbonyl (C=O) groups is 2. The van der Waals surface area contributed by atoms with Gasteiger partial charge < -0.3 is 46.0 Å². The molecule has 69 heavy (non-hydrogen) atoms. The second-order valence-electron chi connectivity index (χ2n) is 20.6. The molecule has 1 spiro atoms. The second kappa shape index (κ2) is 27.1. The van der Waals surface area contributed by atoms with E-state index in [9.17, 15) is 9.59 Å². The molecular formula is C53H85F2N11O3. The minimum absolute atomic E-state index is 0.00639. The minimum atomic E-state index is -0.540. The van der Waals surface area contributed by atoms with Gasteiger partial charge in [0.15, 0.2) is 0 Å². The molecule has 14 nitrogen and oxygen atoms in total. The Morgan fingerprint density at radius 1 is 0.884 bits per heavy atom. The Hall–Kier alpha value is -4.64. The SMILES string of the molecule is C=C1CCCCC1=C.C=CN.CCC.CNC(=O)CCN1CC2CN(CCOCCNc3cc(N4CCC5(CC4)CN(c4cc(F)c(CN6CCC(C)(C)CC6)cc4F)CC(=O)N5)ncn3)CC2C1.